The van der Waals surface area contributed by atoms with Gasteiger partial charge in [-0.1, -0.05) is 0 Å². The van der Waals surface area contributed by atoms with Gasteiger partial charge >= 0.3 is 11.9 Å². The van der Waals surface area contributed by atoms with Crippen molar-refractivity contribution in [3.05, 3.63) is 0 Å². The molecule has 0 aromatic heterocycles. The highest BCUT2D eigenvalue weighted by molar-refractivity contribution is 7.99. The summed E-state index contributed by atoms with van der Waals surface area (Å²) in [6, 6.07) is -0.996. The zero-order valence-corrected chi connectivity index (χ0v) is 11.8. The Kier molecular flexibility index (Phi) is 6.00. The molecule has 0 spiro atoms. The number of aliphatic carboxylic acids is 2. The van der Waals surface area contributed by atoms with Crippen LogP contribution in [0.5, 0.6) is 0 Å². The monoisotopic (exact) mass is 303 g/mol. The molecule has 1 rings (SSSR count). The molecule has 20 heavy (non-hydrogen) atoms. The van der Waals surface area contributed by atoms with Crippen LogP contribution in [0.25, 0.3) is 0 Å². The number of carboxylic acids is 2. The Morgan fingerprint density at radius 3 is 2.50 bits per heavy atom. The van der Waals surface area contributed by atoms with Gasteiger partial charge in [0.1, 0.15) is 11.8 Å². The highest BCUT2D eigenvalue weighted by atomic mass is 32.2. The van der Waals surface area contributed by atoms with Crippen molar-refractivity contribution in [1.82, 2.24) is 5.32 Å². The molecule has 0 radical (unpaired) electrons. The fourth-order valence-electron chi connectivity index (χ4n) is 2.07. The molecule has 3 N–H and O–H groups in total. The number of ketones is 1. The van der Waals surface area contributed by atoms with Crippen LogP contribution >= 0.6 is 11.8 Å². The van der Waals surface area contributed by atoms with Crippen molar-refractivity contribution in [2.75, 3.05) is 11.5 Å². The van der Waals surface area contributed by atoms with Gasteiger partial charge in [-0.3, -0.25) is 14.4 Å². The Morgan fingerprint density at radius 1 is 1.40 bits per heavy atom. The van der Waals surface area contributed by atoms with E-state index in [0.29, 0.717) is 12.2 Å². The molecule has 1 amide bonds. The highest BCUT2D eigenvalue weighted by Gasteiger charge is 2.36. The minimum atomic E-state index is -1.13. The first-order chi connectivity index (χ1) is 9.31. The number of carboxylic acid groups (broad SMARTS) is 2. The van der Waals surface area contributed by atoms with Crippen LogP contribution in [0.2, 0.25) is 0 Å². The summed E-state index contributed by atoms with van der Waals surface area (Å²) in [7, 11) is 0. The van der Waals surface area contributed by atoms with Crippen LogP contribution in [-0.2, 0) is 19.2 Å². The minimum Gasteiger partial charge on any atom is -0.481 e. The molecule has 1 aliphatic carbocycles. The molecule has 8 heteroatoms. The molecular formula is C12H17NO6S. The summed E-state index contributed by atoms with van der Waals surface area (Å²) in [5.41, 5.74) is 0. The average molecular weight is 303 g/mol. The van der Waals surface area contributed by atoms with E-state index in [1.54, 1.807) is 0 Å². The number of nitrogens with one attached hydrogen (secondary N) is 1. The summed E-state index contributed by atoms with van der Waals surface area (Å²) < 4.78 is 0. The van der Waals surface area contributed by atoms with Gasteiger partial charge in [-0.15, -0.1) is 0 Å². The van der Waals surface area contributed by atoms with E-state index in [0.717, 1.165) is 0 Å². The maximum absolute atomic E-state index is 11.6. The molecular weight excluding hydrogens is 286 g/mol. The molecule has 0 aromatic rings. The third kappa shape index (κ3) is 4.84. The maximum atomic E-state index is 11.6. The van der Waals surface area contributed by atoms with Gasteiger partial charge in [0.2, 0.25) is 5.91 Å². The first-order valence-electron chi connectivity index (χ1n) is 6.14. The van der Waals surface area contributed by atoms with Crippen molar-refractivity contribution in [2.24, 2.45) is 11.8 Å². The van der Waals surface area contributed by atoms with Gasteiger partial charge in [0.25, 0.3) is 0 Å². The van der Waals surface area contributed by atoms with Gasteiger partial charge in [0.15, 0.2) is 0 Å². The van der Waals surface area contributed by atoms with E-state index in [9.17, 15) is 19.2 Å². The normalized spacial score (nSPS) is 23.4. The topological polar surface area (TPSA) is 121 Å². The Balaban J connectivity index is 2.39. The van der Waals surface area contributed by atoms with Crippen molar-refractivity contribution in [1.29, 1.82) is 0 Å². The average Bonchev–Trinajstić information content (AvgIpc) is 2.69. The highest BCUT2D eigenvalue weighted by Crippen LogP contribution is 2.30. The smallest absolute Gasteiger partial charge is 0.327 e. The number of Topliss-reactive ketones (excluding diaryl/α,β-unsaturated/α-hetero) is 1. The van der Waals surface area contributed by atoms with Gasteiger partial charge in [0.05, 0.1) is 5.92 Å². The third-order valence-electron chi connectivity index (χ3n) is 3.10. The standard InChI is InChI=1S/C12H17NO6S/c1-6(14)13-9(12(18)19)5-20-4-8-2-7(11(16)17)3-10(8)15/h7-9H,2-5H2,1H3,(H,13,14)(H,16,17)(H,18,19)/t7?,8?,9-/m0/s1. The molecule has 1 fully saturated rings. The minimum absolute atomic E-state index is 0.0502. The summed E-state index contributed by atoms with van der Waals surface area (Å²) in [5.74, 6) is -3.05. The van der Waals surface area contributed by atoms with Gasteiger partial charge in [-0.2, -0.15) is 11.8 Å². The second kappa shape index (κ2) is 7.28. The van der Waals surface area contributed by atoms with Crippen molar-refractivity contribution in [3.8, 4) is 0 Å². The molecule has 1 aliphatic rings. The van der Waals surface area contributed by atoms with Crippen LogP contribution in [0.1, 0.15) is 19.8 Å². The molecule has 1 saturated carbocycles. The van der Waals surface area contributed by atoms with Crippen LogP contribution in [0.3, 0.4) is 0 Å². The van der Waals surface area contributed by atoms with Gasteiger partial charge in [0, 0.05) is 30.8 Å². The maximum Gasteiger partial charge on any atom is 0.327 e. The summed E-state index contributed by atoms with van der Waals surface area (Å²) in [6.07, 6.45) is 0.355. The lowest BCUT2D eigenvalue weighted by Crippen LogP contribution is -2.41. The van der Waals surface area contributed by atoms with Crippen molar-refractivity contribution < 1.29 is 29.4 Å². The van der Waals surface area contributed by atoms with Crippen molar-refractivity contribution in [2.45, 2.75) is 25.8 Å². The molecule has 7 nitrogen and oxygen atoms in total. The van der Waals surface area contributed by atoms with E-state index < -0.39 is 29.8 Å². The Hall–Kier alpha value is -1.57. The predicted octanol–water partition coefficient (Wildman–Crippen LogP) is -0.0112. The zero-order valence-electron chi connectivity index (χ0n) is 11.0. The van der Waals surface area contributed by atoms with Crippen LogP contribution in [0.4, 0.5) is 0 Å². The quantitative estimate of drug-likeness (QED) is 0.604. The van der Waals surface area contributed by atoms with Gasteiger partial charge < -0.3 is 15.5 Å². The first-order valence-corrected chi connectivity index (χ1v) is 7.30. The number of thioether (sulfide) groups is 1. The van der Waals surface area contributed by atoms with Crippen LogP contribution in [0, 0.1) is 11.8 Å². The summed E-state index contributed by atoms with van der Waals surface area (Å²) in [6.45, 7) is 1.23. The largest absolute Gasteiger partial charge is 0.481 e. The van der Waals surface area contributed by atoms with Crippen molar-refractivity contribution >= 4 is 35.4 Å². The summed E-state index contributed by atoms with van der Waals surface area (Å²) >= 11 is 1.24. The third-order valence-corrected chi connectivity index (χ3v) is 4.31. The number of hydrogen-bond acceptors (Lipinski definition) is 5. The molecule has 0 heterocycles. The number of rotatable bonds is 7. The fourth-order valence-corrected chi connectivity index (χ4v) is 3.27. The lowest BCUT2D eigenvalue weighted by Gasteiger charge is -2.14. The summed E-state index contributed by atoms with van der Waals surface area (Å²) in [5, 5.41) is 20.1. The lowest BCUT2D eigenvalue weighted by atomic mass is 10.1. The molecule has 112 valence electrons. The molecule has 0 bridgehead atoms. The Morgan fingerprint density at radius 2 is 2.05 bits per heavy atom. The lowest BCUT2D eigenvalue weighted by molar-refractivity contribution is -0.142. The summed E-state index contributed by atoms with van der Waals surface area (Å²) in [4.78, 5) is 44.2. The second-order valence-electron chi connectivity index (χ2n) is 4.77. The van der Waals surface area contributed by atoms with E-state index in [4.69, 9.17) is 10.2 Å². The number of hydrogen-bond donors (Lipinski definition) is 3. The number of carbonyl (C=O) groups is 4. The number of carbonyl (C=O) groups excluding carboxylic acids is 2. The predicted molar refractivity (Wildman–Crippen MR) is 71.4 cm³/mol. The molecule has 2 unspecified atom stereocenters. The zero-order chi connectivity index (χ0) is 15.3. The Labute approximate surface area is 120 Å². The van der Waals surface area contributed by atoms with E-state index in [1.165, 1.54) is 18.7 Å². The van der Waals surface area contributed by atoms with Crippen molar-refractivity contribution in [3.63, 3.8) is 0 Å². The van der Waals surface area contributed by atoms with E-state index >= 15 is 0 Å². The number of amides is 1. The van der Waals surface area contributed by atoms with Gasteiger partial charge in [-0.05, 0) is 6.42 Å². The van der Waals surface area contributed by atoms with Gasteiger partial charge in [-0.25, -0.2) is 4.79 Å². The molecule has 0 saturated heterocycles. The van der Waals surface area contributed by atoms with Crippen LogP contribution in [-0.4, -0.2) is 51.4 Å². The van der Waals surface area contributed by atoms with Crippen LogP contribution in [0.15, 0.2) is 0 Å². The molecule has 0 aliphatic heterocycles. The SMILES string of the molecule is CC(=O)N[C@@H](CSCC1CC(C(=O)O)CC1=O)C(=O)O. The van der Waals surface area contributed by atoms with E-state index in [-0.39, 0.29) is 23.9 Å². The van der Waals surface area contributed by atoms with Crippen LogP contribution < -0.4 is 5.32 Å². The second-order valence-corrected chi connectivity index (χ2v) is 5.84. The van der Waals surface area contributed by atoms with E-state index in [1.807, 2.05) is 0 Å². The molecule has 3 atom stereocenters. The molecule has 0 aromatic carbocycles. The fraction of sp³-hybridized carbons (Fsp3) is 0.667. The first kappa shape index (κ1) is 16.5. The van der Waals surface area contributed by atoms with E-state index in [2.05, 4.69) is 5.32 Å². The Bertz CT molecular complexity index is 424.